The molecule has 2 aliphatic rings. The molecule has 1 aliphatic carbocycles. The highest BCUT2D eigenvalue weighted by molar-refractivity contribution is 9.10. The molecule has 1 atom stereocenters. The van der Waals surface area contributed by atoms with E-state index in [1.807, 2.05) is 35.2 Å². The zero-order chi connectivity index (χ0) is 15.2. The number of carbonyl (C=O) groups excluding carboxylic acids is 1. The van der Waals surface area contributed by atoms with Crippen LogP contribution in [0.2, 0.25) is 0 Å². The Hall–Kier alpha value is -1.61. The number of β-lactam (4-membered cyclic amide) rings is 1. The van der Waals surface area contributed by atoms with E-state index in [1.54, 1.807) is 0 Å². The number of carbonyl (C=O) groups is 1. The molecule has 1 spiro atoms. The maximum absolute atomic E-state index is 13.0. The van der Waals surface area contributed by atoms with Gasteiger partial charge < -0.3 is 4.90 Å². The molecule has 2 aromatic carbocycles. The molecule has 0 radical (unpaired) electrons. The third-order valence-electron chi connectivity index (χ3n) is 5.14. The average molecular weight is 356 g/mol. The molecule has 1 amide bonds. The predicted octanol–water partition coefficient (Wildman–Crippen LogP) is 5.10. The van der Waals surface area contributed by atoms with Gasteiger partial charge in [-0.15, -0.1) is 0 Å². The molecule has 0 unspecified atom stereocenters. The van der Waals surface area contributed by atoms with E-state index in [-0.39, 0.29) is 11.5 Å². The maximum atomic E-state index is 13.0. The Morgan fingerprint density at radius 3 is 2.23 bits per heavy atom. The van der Waals surface area contributed by atoms with Crippen molar-refractivity contribution < 1.29 is 4.79 Å². The lowest BCUT2D eigenvalue weighted by atomic mass is 9.66. The van der Waals surface area contributed by atoms with Gasteiger partial charge in [-0.25, -0.2) is 0 Å². The van der Waals surface area contributed by atoms with Crippen molar-refractivity contribution in [1.82, 2.24) is 0 Å². The summed E-state index contributed by atoms with van der Waals surface area (Å²) in [5, 5.41) is 0. The summed E-state index contributed by atoms with van der Waals surface area (Å²) in [6, 6.07) is 18.7. The Kier molecular flexibility index (Phi) is 3.33. The second-order valence-electron chi connectivity index (χ2n) is 6.33. The van der Waals surface area contributed by atoms with Crippen molar-refractivity contribution in [2.24, 2.45) is 5.41 Å². The molecule has 0 N–H and O–H groups in total. The van der Waals surface area contributed by atoms with E-state index >= 15 is 0 Å². The Morgan fingerprint density at radius 1 is 0.955 bits per heavy atom. The monoisotopic (exact) mass is 355 g/mol. The smallest absolute Gasteiger partial charge is 0.236 e. The lowest BCUT2D eigenvalue weighted by Crippen LogP contribution is -2.62. The number of nitrogens with zero attached hydrogens (tertiary/aromatic N) is 1. The van der Waals surface area contributed by atoms with E-state index in [2.05, 4.69) is 40.2 Å². The summed E-state index contributed by atoms with van der Waals surface area (Å²) in [6.07, 6.45) is 4.38. The van der Waals surface area contributed by atoms with Crippen LogP contribution < -0.4 is 4.90 Å². The third kappa shape index (κ3) is 1.95. The molecule has 1 saturated heterocycles. The summed E-state index contributed by atoms with van der Waals surface area (Å²) >= 11 is 3.50. The third-order valence-corrected chi connectivity index (χ3v) is 5.67. The van der Waals surface area contributed by atoms with Gasteiger partial charge in [-0.05, 0) is 42.7 Å². The zero-order valence-corrected chi connectivity index (χ0v) is 13.9. The maximum Gasteiger partial charge on any atom is 0.236 e. The lowest BCUT2D eigenvalue weighted by Gasteiger charge is -2.55. The Morgan fingerprint density at radius 2 is 1.59 bits per heavy atom. The Balaban J connectivity index is 1.78. The van der Waals surface area contributed by atoms with Gasteiger partial charge in [0.05, 0.1) is 11.5 Å². The van der Waals surface area contributed by atoms with Gasteiger partial charge >= 0.3 is 0 Å². The van der Waals surface area contributed by atoms with Gasteiger partial charge in [-0.2, -0.15) is 0 Å². The summed E-state index contributed by atoms with van der Waals surface area (Å²) in [4.78, 5) is 14.9. The highest BCUT2D eigenvalue weighted by Crippen LogP contribution is 2.60. The van der Waals surface area contributed by atoms with Crippen molar-refractivity contribution in [3.05, 3.63) is 64.6 Å². The van der Waals surface area contributed by atoms with Crippen molar-refractivity contribution in [3.63, 3.8) is 0 Å². The van der Waals surface area contributed by atoms with E-state index < -0.39 is 0 Å². The van der Waals surface area contributed by atoms with Crippen molar-refractivity contribution in [2.75, 3.05) is 4.90 Å². The van der Waals surface area contributed by atoms with Crippen LogP contribution in [0.4, 0.5) is 5.69 Å². The largest absolute Gasteiger partial charge is 0.303 e. The fourth-order valence-corrected chi connectivity index (χ4v) is 4.38. The lowest BCUT2D eigenvalue weighted by molar-refractivity contribution is -0.139. The fourth-order valence-electron chi connectivity index (χ4n) is 4.12. The molecule has 1 saturated carbocycles. The van der Waals surface area contributed by atoms with E-state index in [4.69, 9.17) is 0 Å². The van der Waals surface area contributed by atoms with Crippen LogP contribution in [0.1, 0.15) is 37.3 Å². The number of hydrogen-bond acceptors (Lipinski definition) is 1. The quantitative estimate of drug-likeness (QED) is 0.686. The first kappa shape index (κ1) is 14.0. The number of benzene rings is 2. The number of amides is 1. The first-order valence-electron chi connectivity index (χ1n) is 7.87. The molecule has 0 bridgehead atoms. The zero-order valence-electron chi connectivity index (χ0n) is 12.3. The van der Waals surface area contributed by atoms with Crippen molar-refractivity contribution in [2.45, 2.75) is 31.7 Å². The summed E-state index contributed by atoms with van der Waals surface area (Å²) in [7, 11) is 0. The highest BCUT2D eigenvalue weighted by Gasteiger charge is 2.61. The number of rotatable bonds is 2. The highest BCUT2D eigenvalue weighted by atomic mass is 79.9. The normalized spacial score (nSPS) is 22.9. The molecule has 2 nitrogen and oxygen atoms in total. The van der Waals surface area contributed by atoms with Gasteiger partial charge in [0.2, 0.25) is 5.91 Å². The topological polar surface area (TPSA) is 20.3 Å². The fraction of sp³-hybridized carbons (Fsp3) is 0.316. The SMILES string of the molecule is O=C1N(c2ccccc2)[C@H](c2ccc(Br)cc2)C12CCCC2. The second kappa shape index (κ2) is 5.24. The molecule has 2 fully saturated rings. The molecule has 1 heterocycles. The van der Waals surface area contributed by atoms with Crippen molar-refractivity contribution in [3.8, 4) is 0 Å². The van der Waals surface area contributed by atoms with Gasteiger partial charge in [0.1, 0.15) is 0 Å². The molecule has 3 heteroatoms. The van der Waals surface area contributed by atoms with Crippen LogP contribution in [0.3, 0.4) is 0 Å². The standard InChI is InChI=1S/C19H18BrNO/c20-15-10-8-14(9-11-15)17-19(12-4-5-13-19)18(22)21(17)16-6-2-1-3-7-16/h1-3,6-11,17H,4-5,12-13H2/t17-/m1/s1. The van der Waals surface area contributed by atoms with E-state index in [0.717, 1.165) is 23.0 Å². The van der Waals surface area contributed by atoms with Crippen molar-refractivity contribution in [1.29, 1.82) is 0 Å². The first-order valence-corrected chi connectivity index (χ1v) is 8.66. The molecule has 2 aromatic rings. The molecular formula is C19H18BrNO. The van der Waals surface area contributed by atoms with Gasteiger partial charge in [-0.3, -0.25) is 4.79 Å². The number of halogens is 1. The van der Waals surface area contributed by atoms with Crippen LogP contribution in [-0.2, 0) is 4.79 Å². The van der Waals surface area contributed by atoms with Gasteiger partial charge in [0.15, 0.2) is 0 Å². The first-order chi connectivity index (χ1) is 10.7. The summed E-state index contributed by atoms with van der Waals surface area (Å²) in [5.74, 6) is 0.309. The minimum absolute atomic E-state index is 0.163. The Bertz CT molecular complexity index is 689. The van der Waals surface area contributed by atoms with Crippen LogP contribution in [-0.4, -0.2) is 5.91 Å². The molecule has 0 aromatic heterocycles. The summed E-state index contributed by atoms with van der Waals surface area (Å²) in [5.41, 5.74) is 2.09. The van der Waals surface area contributed by atoms with Crippen LogP contribution in [0, 0.1) is 5.41 Å². The molecular weight excluding hydrogens is 338 g/mol. The van der Waals surface area contributed by atoms with E-state index in [1.165, 1.54) is 18.4 Å². The average Bonchev–Trinajstić information content (AvgIpc) is 3.06. The van der Waals surface area contributed by atoms with Gasteiger partial charge in [0.25, 0.3) is 0 Å². The van der Waals surface area contributed by atoms with Gasteiger partial charge in [-0.1, -0.05) is 59.1 Å². The Labute approximate surface area is 139 Å². The van der Waals surface area contributed by atoms with Crippen LogP contribution >= 0.6 is 15.9 Å². The number of para-hydroxylation sites is 1. The molecule has 112 valence electrons. The van der Waals surface area contributed by atoms with Gasteiger partial charge in [0, 0.05) is 10.2 Å². The minimum Gasteiger partial charge on any atom is -0.303 e. The summed E-state index contributed by atoms with van der Waals surface area (Å²) < 4.78 is 1.08. The summed E-state index contributed by atoms with van der Waals surface area (Å²) in [6.45, 7) is 0. The predicted molar refractivity (Wildman–Crippen MR) is 91.7 cm³/mol. The van der Waals surface area contributed by atoms with Crippen LogP contribution in [0.5, 0.6) is 0 Å². The minimum atomic E-state index is -0.163. The molecule has 1 aliphatic heterocycles. The number of hydrogen-bond donors (Lipinski definition) is 0. The van der Waals surface area contributed by atoms with E-state index in [0.29, 0.717) is 5.91 Å². The van der Waals surface area contributed by atoms with Crippen LogP contribution in [0.25, 0.3) is 0 Å². The second-order valence-corrected chi connectivity index (χ2v) is 7.24. The van der Waals surface area contributed by atoms with Crippen LogP contribution in [0.15, 0.2) is 59.1 Å². The van der Waals surface area contributed by atoms with Crippen molar-refractivity contribution >= 4 is 27.5 Å². The molecule has 22 heavy (non-hydrogen) atoms. The molecule has 4 rings (SSSR count). The van der Waals surface area contributed by atoms with E-state index in [9.17, 15) is 4.79 Å². The number of anilines is 1.